The molecule has 0 radical (unpaired) electrons. The molecular formula is C24H21FN6O2. The van der Waals surface area contributed by atoms with Crippen molar-refractivity contribution in [3.8, 4) is 29.2 Å². The van der Waals surface area contributed by atoms with Crippen LogP contribution in [0.2, 0.25) is 0 Å². The van der Waals surface area contributed by atoms with E-state index in [4.69, 9.17) is 11.2 Å². The lowest BCUT2D eigenvalue weighted by Crippen LogP contribution is -2.25. The second kappa shape index (κ2) is 9.36. The molecule has 4 rings (SSSR count). The molecule has 0 aliphatic rings. The summed E-state index contributed by atoms with van der Waals surface area (Å²) in [4.78, 5) is 19.7. The number of terminal acetylenes is 1. The molecule has 166 valence electrons. The van der Waals surface area contributed by atoms with Gasteiger partial charge in [0.2, 0.25) is 11.9 Å². The average molecular weight is 444 g/mol. The Kier molecular flexibility index (Phi) is 6.17. The number of ether oxygens (including phenoxy) is 1. The van der Waals surface area contributed by atoms with Crippen molar-refractivity contribution in [2.75, 3.05) is 18.5 Å². The van der Waals surface area contributed by atoms with Crippen LogP contribution in [0.1, 0.15) is 12.5 Å². The van der Waals surface area contributed by atoms with E-state index in [0.29, 0.717) is 35.5 Å². The molecule has 4 aromatic rings. The lowest BCUT2D eigenvalue weighted by molar-refractivity contribution is -0.119. The smallest absolute Gasteiger partial charge is 0.227 e. The van der Waals surface area contributed by atoms with Gasteiger partial charge in [-0.3, -0.25) is 9.48 Å². The normalized spacial score (nSPS) is 10.6. The topological polar surface area (TPSA) is 94.0 Å². The minimum absolute atomic E-state index is 0.125. The number of hydrogen-bond acceptors (Lipinski definition) is 6. The monoisotopic (exact) mass is 444 g/mol. The summed E-state index contributed by atoms with van der Waals surface area (Å²) in [5.41, 5.74) is 2.98. The summed E-state index contributed by atoms with van der Waals surface area (Å²) >= 11 is 0. The minimum atomic E-state index is -0.517. The highest BCUT2D eigenvalue weighted by Gasteiger charge is 2.10. The maximum Gasteiger partial charge on any atom is 0.227 e. The van der Waals surface area contributed by atoms with Crippen LogP contribution in [0.5, 0.6) is 5.75 Å². The van der Waals surface area contributed by atoms with Gasteiger partial charge >= 0.3 is 0 Å². The third kappa shape index (κ3) is 5.25. The predicted molar refractivity (Wildman–Crippen MR) is 124 cm³/mol. The molecule has 0 atom stereocenters. The molecule has 0 saturated carbocycles. The number of aromatic nitrogens is 4. The highest BCUT2D eigenvalue weighted by molar-refractivity contribution is 5.81. The Morgan fingerprint density at radius 1 is 1.21 bits per heavy atom. The Morgan fingerprint density at radius 2 is 2.06 bits per heavy atom. The first-order chi connectivity index (χ1) is 15.9. The third-order valence-electron chi connectivity index (χ3n) is 4.75. The zero-order valence-electron chi connectivity index (χ0n) is 18.1. The van der Waals surface area contributed by atoms with Crippen molar-refractivity contribution in [1.82, 2.24) is 25.1 Å². The summed E-state index contributed by atoms with van der Waals surface area (Å²) in [6.07, 6.45) is 10.5. The zero-order valence-corrected chi connectivity index (χ0v) is 18.1. The third-order valence-corrected chi connectivity index (χ3v) is 4.75. The molecule has 0 fully saturated rings. The quantitative estimate of drug-likeness (QED) is 0.335. The summed E-state index contributed by atoms with van der Waals surface area (Å²) < 4.78 is 22.0. The van der Waals surface area contributed by atoms with Gasteiger partial charge in [-0.25, -0.2) is 14.4 Å². The summed E-state index contributed by atoms with van der Waals surface area (Å²) in [5.74, 6) is 2.58. The van der Waals surface area contributed by atoms with Crippen LogP contribution in [0.4, 0.5) is 16.0 Å². The van der Waals surface area contributed by atoms with Gasteiger partial charge in [0, 0.05) is 54.6 Å². The van der Waals surface area contributed by atoms with Crippen molar-refractivity contribution in [2.45, 2.75) is 6.92 Å². The molecule has 0 unspecified atom stereocenters. The number of aryl methyl sites for hydroxylation is 1. The molecule has 2 heterocycles. The highest BCUT2D eigenvalue weighted by atomic mass is 19.1. The number of nitrogens with one attached hydrogen (secondary N) is 2. The van der Waals surface area contributed by atoms with Crippen molar-refractivity contribution in [3.05, 3.63) is 60.3 Å². The molecule has 0 bridgehead atoms. The molecule has 0 aliphatic heterocycles. The number of hydrogen-bond donors (Lipinski definition) is 2. The van der Waals surface area contributed by atoms with E-state index in [1.165, 1.54) is 19.2 Å². The minimum Gasteiger partial charge on any atom is -0.492 e. The van der Waals surface area contributed by atoms with Gasteiger partial charge in [-0.1, -0.05) is 5.92 Å². The van der Waals surface area contributed by atoms with Crippen LogP contribution in [0, 0.1) is 18.2 Å². The van der Waals surface area contributed by atoms with Gasteiger partial charge in [0.1, 0.15) is 17.9 Å². The van der Waals surface area contributed by atoms with E-state index in [1.807, 2.05) is 25.4 Å². The molecule has 1 amide bonds. The molecule has 2 aromatic carbocycles. The van der Waals surface area contributed by atoms with E-state index in [0.717, 1.165) is 11.1 Å². The fourth-order valence-electron chi connectivity index (χ4n) is 3.26. The molecule has 8 nitrogen and oxygen atoms in total. The Labute approximate surface area is 189 Å². The fourth-order valence-corrected chi connectivity index (χ4v) is 3.26. The SMILES string of the molecule is C#Cc1cc(F)c2nc(Nc3cc(OCCNC(C)=O)cc(-c4cnn(C)c4)c3)ncc2c1. The van der Waals surface area contributed by atoms with Gasteiger partial charge in [0.15, 0.2) is 5.82 Å². The van der Waals surface area contributed by atoms with E-state index in [9.17, 15) is 9.18 Å². The number of carbonyl (C=O) groups is 1. The Bertz CT molecular complexity index is 1380. The van der Waals surface area contributed by atoms with Gasteiger partial charge in [-0.2, -0.15) is 5.10 Å². The lowest BCUT2D eigenvalue weighted by Gasteiger charge is -2.12. The van der Waals surface area contributed by atoms with Gasteiger partial charge in [-0.15, -0.1) is 6.42 Å². The number of fused-ring (bicyclic) bond motifs is 1. The van der Waals surface area contributed by atoms with E-state index in [2.05, 4.69) is 31.6 Å². The molecule has 0 saturated heterocycles. The van der Waals surface area contributed by atoms with Gasteiger partial charge in [-0.05, 0) is 29.8 Å². The fraction of sp³-hybridized carbons (Fsp3) is 0.167. The Balaban J connectivity index is 1.64. The molecule has 9 heteroatoms. The number of benzene rings is 2. The van der Waals surface area contributed by atoms with Crippen LogP contribution < -0.4 is 15.4 Å². The number of nitrogens with zero attached hydrogens (tertiary/aromatic N) is 4. The first kappa shape index (κ1) is 21.8. The number of amides is 1. The summed E-state index contributed by atoms with van der Waals surface area (Å²) in [7, 11) is 1.83. The van der Waals surface area contributed by atoms with Crippen LogP contribution in [0.3, 0.4) is 0 Å². The average Bonchev–Trinajstić information content (AvgIpc) is 3.23. The van der Waals surface area contributed by atoms with Crippen molar-refractivity contribution >= 4 is 28.4 Å². The second-order valence-corrected chi connectivity index (χ2v) is 7.34. The van der Waals surface area contributed by atoms with Crippen molar-refractivity contribution in [1.29, 1.82) is 0 Å². The number of rotatable bonds is 7. The van der Waals surface area contributed by atoms with E-state index < -0.39 is 5.82 Å². The maximum absolute atomic E-state index is 14.5. The van der Waals surface area contributed by atoms with Crippen LogP contribution in [0.15, 0.2) is 48.9 Å². The van der Waals surface area contributed by atoms with Crippen LogP contribution in [0.25, 0.3) is 22.0 Å². The van der Waals surface area contributed by atoms with Crippen molar-refractivity contribution < 1.29 is 13.9 Å². The summed E-state index contributed by atoms with van der Waals surface area (Å²) in [6, 6.07) is 8.47. The first-order valence-corrected chi connectivity index (χ1v) is 10.1. The largest absolute Gasteiger partial charge is 0.492 e. The van der Waals surface area contributed by atoms with Crippen LogP contribution in [-0.4, -0.2) is 38.8 Å². The lowest BCUT2D eigenvalue weighted by atomic mass is 10.1. The highest BCUT2D eigenvalue weighted by Crippen LogP contribution is 2.30. The second-order valence-electron chi connectivity index (χ2n) is 7.34. The molecule has 0 aliphatic carbocycles. The van der Waals surface area contributed by atoms with Gasteiger partial charge < -0.3 is 15.4 Å². The van der Waals surface area contributed by atoms with Gasteiger partial charge in [0.05, 0.1) is 12.7 Å². The maximum atomic E-state index is 14.5. The van der Waals surface area contributed by atoms with Crippen LogP contribution >= 0.6 is 0 Å². The molecule has 33 heavy (non-hydrogen) atoms. The van der Waals surface area contributed by atoms with Crippen molar-refractivity contribution in [2.24, 2.45) is 7.05 Å². The number of anilines is 2. The molecule has 0 spiro atoms. The standard InChI is InChI=1S/C24H21FN6O2/c1-4-16-7-18-12-27-24(30-23(18)22(25)8-16)29-20-9-17(19-13-28-31(3)14-19)10-21(11-20)33-6-5-26-15(2)32/h1,7-14H,5-6H2,2-3H3,(H,26,32)(H,27,29,30). The number of carbonyl (C=O) groups excluding carboxylic acids is 1. The van der Waals surface area contributed by atoms with E-state index >= 15 is 0 Å². The van der Waals surface area contributed by atoms with E-state index in [-0.39, 0.29) is 17.4 Å². The van der Waals surface area contributed by atoms with E-state index in [1.54, 1.807) is 23.0 Å². The number of halogens is 1. The molecule has 2 N–H and O–H groups in total. The Morgan fingerprint density at radius 3 is 2.79 bits per heavy atom. The predicted octanol–water partition coefficient (Wildman–Crippen LogP) is 3.41. The zero-order chi connectivity index (χ0) is 23.4. The molecule has 2 aromatic heterocycles. The molecular weight excluding hydrogens is 423 g/mol. The van der Waals surface area contributed by atoms with Crippen molar-refractivity contribution in [3.63, 3.8) is 0 Å². The summed E-state index contributed by atoms with van der Waals surface area (Å²) in [5, 5.41) is 10.5. The first-order valence-electron chi connectivity index (χ1n) is 10.1. The Hall–Kier alpha value is -4.45. The summed E-state index contributed by atoms with van der Waals surface area (Å²) in [6.45, 7) is 2.12. The van der Waals surface area contributed by atoms with Gasteiger partial charge in [0.25, 0.3) is 0 Å². The van der Waals surface area contributed by atoms with Crippen LogP contribution in [-0.2, 0) is 11.8 Å².